The Balaban J connectivity index is 1.61. The average Bonchev–Trinajstić information content (AvgIpc) is 3.11. The number of aromatic hydroxyl groups is 1. The van der Waals surface area contributed by atoms with Gasteiger partial charge in [0.25, 0.3) is 0 Å². The highest BCUT2D eigenvalue weighted by Crippen LogP contribution is 2.18. The van der Waals surface area contributed by atoms with Crippen LogP contribution in [0.4, 0.5) is 0 Å². The molecule has 8 nitrogen and oxygen atoms in total. The second-order valence-corrected chi connectivity index (χ2v) is 6.42. The SMILES string of the molecule is CN1CC(n2ccc(=O)c(Cc3cccc(-c4ncc(O)cn4)c3)n2)C=N1. The summed E-state index contributed by atoms with van der Waals surface area (Å²) in [5.74, 6) is 0.531. The molecule has 1 aliphatic rings. The average molecular weight is 362 g/mol. The van der Waals surface area contributed by atoms with Crippen molar-refractivity contribution in [2.45, 2.75) is 12.5 Å². The molecule has 0 saturated carbocycles. The van der Waals surface area contributed by atoms with Gasteiger partial charge in [0.15, 0.2) is 11.6 Å². The van der Waals surface area contributed by atoms with E-state index in [4.69, 9.17) is 0 Å². The molecule has 3 aromatic rings. The number of benzene rings is 1. The number of hydrogen-bond donors (Lipinski definition) is 1. The van der Waals surface area contributed by atoms with Gasteiger partial charge in [0.1, 0.15) is 11.7 Å². The third kappa shape index (κ3) is 3.69. The van der Waals surface area contributed by atoms with Crippen molar-refractivity contribution in [3.05, 3.63) is 70.4 Å². The van der Waals surface area contributed by atoms with Gasteiger partial charge in [-0.1, -0.05) is 18.2 Å². The summed E-state index contributed by atoms with van der Waals surface area (Å²) < 4.78 is 1.77. The van der Waals surface area contributed by atoms with Crippen LogP contribution in [0.3, 0.4) is 0 Å². The Morgan fingerprint density at radius 3 is 2.78 bits per heavy atom. The highest BCUT2D eigenvalue weighted by Gasteiger charge is 2.17. The minimum atomic E-state index is -0.0965. The number of hydrazone groups is 1. The quantitative estimate of drug-likeness (QED) is 0.755. The summed E-state index contributed by atoms with van der Waals surface area (Å²) in [6, 6.07) is 9.20. The zero-order chi connectivity index (χ0) is 18.8. The van der Waals surface area contributed by atoms with Gasteiger partial charge >= 0.3 is 0 Å². The van der Waals surface area contributed by atoms with Crippen LogP contribution in [-0.2, 0) is 6.42 Å². The fourth-order valence-electron chi connectivity index (χ4n) is 2.96. The molecule has 0 bridgehead atoms. The van der Waals surface area contributed by atoms with Gasteiger partial charge in [0.05, 0.1) is 25.2 Å². The van der Waals surface area contributed by atoms with Crippen LogP contribution >= 0.6 is 0 Å². The third-order valence-corrected chi connectivity index (χ3v) is 4.32. The summed E-state index contributed by atoms with van der Waals surface area (Å²) in [7, 11) is 1.90. The van der Waals surface area contributed by atoms with Crippen LogP contribution in [0.25, 0.3) is 11.4 Å². The summed E-state index contributed by atoms with van der Waals surface area (Å²) >= 11 is 0. The molecule has 1 aliphatic heterocycles. The van der Waals surface area contributed by atoms with Gasteiger partial charge in [-0.15, -0.1) is 0 Å². The van der Waals surface area contributed by atoms with Crippen LogP contribution in [0.2, 0.25) is 0 Å². The van der Waals surface area contributed by atoms with E-state index < -0.39 is 0 Å². The Morgan fingerprint density at radius 2 is 2.04 bits per heavy atom. The van der Waals surface area contributed by atoms with E-state index >= 15 is 0 Å². The highest BCUT2D eigenvalue weighted by molar-refractivity contribution is 5.64. The molecule has 1 N–H and O–H groups in total. The fourth-order valence-corrected chi connectivity index (χ4v) is 2.96. The van der Waals surface area contributed by atoms with Crippen LogP contribution < -0.4 is 5.43 Å². The van der Waals surface area contributed by atoms with Gasteiger partial charge in [0, 0.05) is 31.3 Å². The smallest absolute Gasteiger partial charge is 0.203 e. The van der Waals surface area contributed by atoms with Gasteiger partial charge in [-0.25, -0.2) is 9.97 Å². The van der Waals surface area contributed by atoms with E-state index in [1.165, 1.54) is 12.4 Å². The van der Waals surface area contributed by atoms with Crippen molar-refractivity contribution >= 4 is 6.21 Å². The van der Waals surface area contributed by atoms with E-state index in [1.807, 2.05) is 42.5 Å². The van der Waals surface area contributed by atoms with Gasteiger partial charge in [-0.05, 0) is 11.6 Å². The van der Waals surface area contributed by atoms with Crippen LogP contribution in [0.15, 0.2) is 58.8 Å². The maximum absolute atomic E-state index is 12.3. The van der Waals surface area contributed by atoms with E-state index in [0.717, 1.165) is 17.7 Å². The molecular weight excluding hydrogens is 344 g/mol. The lowest BCUT2D eigenvalue weighted by Crippen LogP contribution is -2.24. The van der Waals surface area contributed by atoms with Crippen molar-refractivity contribution in [3.63, 3.8) is 0 Å². The van der Waals surface area contributed by atoms with Crippen molar-refractivity contribution in [1.29, 1.82) is 0 Å². The van der Waals surface area contributed by atoms with Crippen molar-refractivity contribution in [1.82, 2.24) is 24.8 Å². The lowest BCUT2D eigenvalue weighted by atomic mass is 10.1. The first-order chi connectivity index (χ1) is 13.1. The first-order valence-electron chi connectivity index (χ1n) is 8.52. The second-order valence-electron chi connectivity index (χ2n) is 6.42. The van der Waals surface area contributed by atoms with E-state index in [0.29, 0.717) is 17.9 Å². The molecule has 0 spiro atoms. The van der Waals surface area contributed by atoms with E-state index in [-0.39, 0.29) is 17.2 Å². The van der Waals surface area contributed by atoms with E-state index in [2.05, 4.69) is 20.2 Å². The minimum absolute atomic E-state index is 0.0186. The lowest BCUT2D eigenvalue weighted by Gasteiger charge is -2.13. The molecule has 0 amide bonds. The molecule has 0 aliphatic carbocycles. The van der Waals surface area contributed by atoms with Crippen LogP contribution in [0, 0.1) is 0 Å². The summed E-state index contributed by atoms with van der Waals surface area (Å²) in [6.07, 6.45) is 6.64. The lowest BCUT2D eigenvalue weighted by molar-refractivity contribution is 0.348. The molecule has 27 heavy (non-hydrogen) atoms. The highest BCUT2D eigenvalue weighted by atomic mass is 16.3. The maximum atomic E-state index is 12.3. The molecule has 2 aromatic heterocycles. The predicted octanol–water partition coefficient (Wildman–Crippen LogP) is 1.47. The van der Waals surface area contributed by atoms with Crippen LogP contribution in [-0.4, -0.2) is 49.7 Å². The van der Waals surface area contributed by atoms with E-state index in [1.54, 1.807) is 16.9 Å². The monoisotopic (exact) mass is 362 g/mol. The maximum Gasteiger partial charge on any atom is 0.203 e. The Hall–Kier alpha value is -3.55. The summed E-state index contributed by atoms with van der Waals surface area (Å²) in [4.78, 5) is 20.5. The van der Waals surface area contributed by atoms with Crippen molar-refractivity contribution < 1.29 is 5.11 Å². The summed E-state index contributed by atoms with van der Waals surface area (Å²) in [5.41, 5.74) is 2.13. The van der Waals surface area contributed by atoms with Gasteiger partial charge in [-0.3, -0.25) is 14.5 Å². The Kier molecular flexibility index (Phi) is 4.37. The Bertz CT molecular complexity index is 1040. The zero-order valence-corrected chi connectivity index (χ0v) is 14.7. The normalized spacial score (nSPS) is 16.0. The first kappa shape index (κ1) is 16.9. The predicted molar refractivity (Wildman–Crippen MR) is 101 cm³/mol. The van der Waals surface area contributed by atoms with Gasteiger partial charge in [0.2, 0.25) is 5.43 Å². The molecule has 3 heterocycles. The van der Waals surface area contributed by atoms with Crippen LogP contribution in [0.1, 0.15) is 17.3 Å². The molecule has 4 rings (SSSR count). The number of rotatable bonds is 4. The molecule has 0 fully saturated rings. The molecule has 1 unspecified atom stereocenters. The molecule has 136 valence electrons. The molecule has 8 heteroatoms. The molecule has 0 saturated heterocycles. The fraction of sp³-hybridized carbons (Fsp3) is 0.211. The second kappa shape index (κ2) is 6.99. The van der Waals surface area contributed by atoms with Crippen LogP contribution in [0.5, 0.6) is 5.75 Å². The summed E-state index contributed by atoms with van der Waals surface area (Å²) in [6.45, 7) is 0.725. The van der Waals surface area contributed by atoms with E-state index in [9.17, 15) is 9.90 Å². The molecular formula is C19H18N6O2. The van der Waals surface area contributed by atoms with Crippen molar-refractivity contribution in [2.75, 3.05) is 13.6 Å². The van der Waals surface area contributed by atoms with Gasteiger partial charge in [-0.2, -0.15) is 10.2 Å². The number of likely N-dealkylation sites (N-methyl/N-ethyl adjacent to an activating group) is 1. The molecule has 1 atom stereocenters. The number of aromatic nitrogens is 4. The largest absolute Gasteiger partial charge is 0.505 e. The standard InChI is InChI=1S/C19H18N6O2/c1-24-12-15(9-22-24)25-6-5-18(27)17(23-25)8-13-3-2-4-14(7-13)19-20-10-16(26)11-21-19/h2-7,9-11,15,26H,8,12H2,1H3. The third-order valence-electron chi connectivity index (χ3n) is 4.32. The van der Waals surface area contributed by atoms with Gasteiger partial charge < -0.3 is 5.11 Å². The first-order valence-corrected chi connectivity index (χ1v) is 8.52. The molecule has 0 radical (unpaired) electrons. The molecule has 1 aromatic carbocycles. The minimum Gasteiger partial charge on any atom is -0.505 e. The topological polar surface area (TPSA) is 96.5 Å². The Labute approximate surface area is 155 Å². The summed E-state index contributed by atoms with van der Waals surface area (Å²) in [5, 5.41) is 19.9. The zero-order valence-electron chi connectivity index (χ0n) is 14.7. The van der Waals surface area contributed by atoms with Crippen molar-refractivity contribution in [2.24, 2.45) is 5.10 Å². The van der Waals surface area contributed by atoms with Crippen molar-refractivity contribution in [3.8, 4) is 17.1 Å². The number of nitrogens with zero attached hydrogens (tertiary/aromatic N) is 6. The Morgan fingerprint density at radius 1 is 1.22 bits per heavy atom. The number of hydrogen-bond acceptors (Lipinski definition) is 7.